The summed E-state index contributed by atoms with van der Waals surface area (Å²) in [6.07, 6.45) is 3.56. The lowest BCUT2D eigenvalue weighted by Gasteiger charge is -2.32. The second kappa shape index (κ2) is 4.93. The average molecular weight is 282 g/mol. The molecule has 3 heterocycles. The molecule has 108 valence electrons. The van der Waals surface area contributed by atoms with E-state index >= 15 is 0 Å². The summed E-state index contributed by atoms with van der Waals surface area (Å²) in [6.45, 7) is 8.18. The van der Waals surface area contributed by atoms with Gasteiger partial charge in [-0.15, -0.1) is 0 Å². The van der Waals surface area contributed by atoms with Crippen LogP contribution in [0.5, 0.6) is 0 Å². The largest absolute Gasteiger partial charge is 0.496 e. The van der Waals surface area contributed by atoms with Crippen molar-refractivity contribution in [1.82, 2.24) is 9.97 Å². The van der Waals surface area contributed by atoms with E-state index in [-0.39, 0.29) is 18.3 Å². The molecule has 0 saturated carbocycles. The molecule has 0 N–H and O–H groups in total. The molecule has 0 unspecified atom stereocenters. The lowest BCUT2D eigenvalue weighted by molar-refractivity contribution is 0.00578. The highest BCUT2D eigenvalue weighted by Crippen LogP contribution is 2.36. The molecule has 1 fully saturated rings. The van der Waals surface area contributed by atoms with Gasteiger partial charge in [-0.05, 0) is 45.9 Å². The summed E-state index contributed by atoms with van der Waals surface area (Å²) < 4.78 is 12.0. The van der Waals surface area contributed by atoms with Crippen molar-refractivity contribution in [2.24, 2.45) is 0 Å². The van der Waals surface area contributed by atoms with Crippen LogP contribution in [0.4, 0.5) is 0 Å². The summed E-state index contributed by atoms with van der Waals surface area (Å²) in [5.74, 6) is 0. The number of rotatable bonds is 2. The van der Waals surface area contributed by atoms with Crippen LogP contribution in [0.3, 0.4) is 0 Å². The Kier molecular flexibility index (Phi) is 3.34. The number of hydrogen-bond donors (Lipinski definition) is 0. The zero-order valence-corrected chi connectivity index (χ0v) is 12.8. The molecular formula is C16H19BN2O2. The summed E-state index contributed by atoms with van der Waals surface area (Å²) in [7, 11) is -0.375. The zero-order valence-electron chi connectivity index (χ0n) is 12.8. The molecule has 0 atom stereocenters. The number of aromatic nitrogens is 2. The van der Waals surface area contributed by atoms with E-state index in [1.165, 1.54) is 0 Å². The molecule has 0 aliphatic carbocycles. The van der Waals surface area contributed by atoms with Gasteiger partial charge in [-0.2, -0.15) is 0 Å². The van der Waals surface area contributed by atoms with Crippen LogP contribution in [0.25, 0.3) is 11.4 Å². The Morgan fingerprint density at radius 2 is 1.52 bits per heavy atom. The Labute approximate surface area is 125 Å². The molecule has 4 nitrogen and oxygen atoms in total. The van der Waals surface area contributed by atoms with Gasteiger partial charge in [0.05, 0.1) is 22.6 Å². The fraction of sp³-hybridized carbons (Fsp3) is 0.375. The first kappa shape index (κ1) is 14.2. The van der Waals surface area contributed by atoms with Crippen molar-refractivity contribution in [2.75, 3.05) is 0 Å². The smallest absolute Gasteiger partial charge is 0.399 e. The molecule has 5 heteroatoms. The van der Waals surface area contributed by atoms with E-state index in [1.54, 1.807) is 12.4 Å². The van der Waals surface area contributed by atoms with Crippen molar-refractivity contribution in [2.45, 2.75) is 38.9 Å². The quantitative estimate of drug-likeness (QED) is 0.794. The normalized spacial score (nSPS) is 19.7. The Morgan fingerprint density at radius 3 is 2.05 bits per heavy atom. The molecule has 3 rings (SSSR count). The summed E-state index contributed by atoms with van der Waals surface area (Å²) in [4.78, 5) is 8.76. The van der Waals surface area contributed by atoms with Crippen molar-refractivity contribution in [1.29, 1.82) is 0 Å². The Bertz CT molecular complexity index is 610. The van der Waals surface area contributed by atoms with Gasteiger partial charge in [0.2, 0.25) is 0 Å². The van der Waals surface area contributed by atoms with Gasteiger partial charge in [0, 0.05) is 17.9 Å². The highest BCUT2D eigenvalue weighted by Gasteiger charge is 2.51. The van der Waals surface area contributed by atoms with Crippen LogP contribution in [-0.4, -0.2) is 28.3 Å². The Balaban J connectivity index is 1.83. The summed E-state index contributed by atoms with van der Waals surface area (Å²) in [5, 5.41) is 0. The van der Waals surface area contributed by atoms with Crippen LogP contribution in [0.1, 0.15) is 27.7 Å². The van der Waals surface area contributed by atoms with E-state index in [9.17, 15) is 0 Å². The van der Waals surface area contributed by atoms with E-state index < -0.39 is 0 Å². The molecule has 2 aromatic heterocycles. The van der Waals surface area contributed by atoms with Gasteiger partial charge in [0.25, 0.3) is 0 Å². The first-order chi connectivity index (χ1) is 9.89. The Hall–Kier alpha value is -1.72. The lowest BCUT2D eigenvalue weighted by atomic mass is 9.80. The lowest BCUT2D eigenvalue weighted by Crippen LogP contribution is -2.41. The van der Waals surface area contributed by atoms with Crippen LogP contribution in [0, 0.1) is 0 Å². The van der Waals surface area contributed by atoms with Gasteiger partial charge < -0.3 is 9.31 Å². The van der Waals surface area contributed by atoms with Crippen molar-refractivity contribution >= 4 is 12.6 Å². The third-order valence-corrected chi connectivity index (χ3v) is 4.24. The Morgan fingerprint density at radius 1 is 0.857 bits per heavy atom. The van der Waals surface area contributed by atoms with Gasteiger partial charge in [0.15, 0.2) is 0 Å². The highest BCUT2D eigenvalue weighted by molar-refractivity contribution is 6.62. The first-order valence-electron chi connectivity index (χ1n) is 7.12. The molecule has 1 aliphatic rings. The molecule has 0 bridgehead atoms. The molecule has 0 radical (unpaired) electrons. The molecule has 0 spiro atoms. The molecule has 2 aromatic rings. The second-order valence-corrected chi connectivity index (χ2v) is 6.28. The predicted molar refractivity (Wildman–Crippen MR) is 83.2 cm³/mol. The molecule has 0 aromatic carbocycles. The van der Waals surface area contributed by atoms with E-state index in [1.807, 2.05) is 58.0 Å². The summed E-state index contributed by atoms with van der Waals surface area (Å²) in [5.41, 5.74) is 1.96. The number of hydrogen-bond acceptors (Lipinski definition) is 4. The highest BCUT2D eigenvalue weighted by atomic mass is 16.7. The summed E-state index contributed by atoms with van der Waals surface area (Å²) >= 11 is 0. The van der Waals surface area contributed by atoms with Crippen LogP contribution >= 0.6 is 0 Å². The monoisotopic (exact) mass is 282 g/mol. The zero-order chi connectivity index (χ0) is 15.1. The fourth-order valence-corrected chi connectivity index (χ4v) is 2.19. The molecule has 0 amide bonds. The summed E-state index contributed by atoms with van der Waals surface area (Å²) in [6, 6.07) is 9.72. The van der Waals surface area contributed by atoms with Gasteiger partial charge in [0.1, 0.15) is 0 Å². The molecular weight excluding hydrogens is 263 g/mol. The van der Waals surface area contributed by atoms with E-state index in [0.29, 0.717) is 0 Å². The minimum atomic E-state index is -0.375. The van der Waals surface area contributed by atoms with Crippen LogP contribution < -0.4 is 5.46 Å². The van der Waals surface area contributed by atoms with Crippen molar-refractivity contribution < 1.29 is 9.31 Å². The molecule has 1 aliphatic heterocycles. The maximum Gasteiger partial charge on any atom is 0.496 e. The van der Waals surface area contributed by atoms with Crippen LogP contribution in [0.15, 0.2) is 42.7 Å². The van der Waals surface area contributed by atoms with Gasteiger partial charge in [-0.3, -0.25) is 9.97 Å². The first-order valence-corrected chi connectivity index (χ1v) is 7.12. The van der Waals surface area contributed by atoms with Crippen LogP contribution in [0.2, 0.25) is 0 Å². The maximum atomic E-state index is 6.02. The third-order valence-electron chi connectivity index (χ3n) is 4.24. The van der Waals surface area contributed by atoms with E-state index in [2.05, 4.69) is 9.97 Å². The number of nitrogens with zero attached hydrogens (tertiary/aromatic N) is 2. The van der Waals surface area contributed by atoms with Gasteiger partial charge >= 0.3 is 7.12 Å². The van der Waals surface area contributed by atoms with Gasteiger partial charge in [-0.1, -0.05) is 12.1 Å². The molecule has 21 heavy (non-hydrogen) atoms. The average Bonchev–Trinajstić information content (AvgIpc) is 2.69. The van der Waals surface area contributed by atoms with Crippen molar-refractivity contribution in [3.63, 3.8) is 0 Å². The van der Waals surface area contributed by atoms with Crippen molar-refractivity contribution in [3.05, 3.63) is 42.7 Å². The molecule has 1 saturated heterocycles. The van der Waals surface area contributed by atoms with Gasteiger partial charge in [-0.25, -0.2) is 0 Å². The second-order valence-electron chi connectivity index (χ2n) is 6.28. The van der Waals surface area contributed by atoms with E-state index in [0.717, 1.165) is 16.9 Å². The fourth-order valence-electron chi connectivity index (χ4n) is 2.19. The maximum absolute atomic E-state index is 6.02. The van der Waals surface area contributed by atoms with E-state index in [4.69, 9.17) is 9.31 Å². The third kappa shape index (κ3) is 2.59. The minimum Gasteiger partial charge on any atom is -0.399 e. The number of pyridine rings is 2. The minimum absolute atomic E-state index is 0.336. The standard InChI is InChI=1S/C16H19BN2O2/c1-15(2)16(3,4)21-17(20-15)12-8-9-14(19-11-12)13-7-5-6-10-18-13/h5-11H,1-4H3. The SMILES string of the molecule is CC1(C)OB(c2ccc(-c3ccccn3)nc2)OC1(C)C. The topological polar surface area (TPSA) is 44.2 Å². The van der Waals surface area contributed by atoms with Crippen molar-refractivity contribution in [3.8, 4) is 11.4 Å². The predicted octanol–water partition coefficient (Wildman–Crippen LogP) is 2.44. The van der Waals surface area contributed by atoms with Crippen LogP contribution in [-0.2, 0) is 9.31 Å².